The molecule has 0 saturated carbocycles. The molecule has 1 aromatic carbocycles. The fourth-order valence-corrected chi connectivity index (χ4v) is 2.29. The molecule has 9 heteroatoms. The first kappa shape index (κ1) is 16.4. The second kappa shape index (κ2) is 6.23. The van der Waals surface area contributed by atoms with Crippen LogP contribution < -0.4 is 0 Å². The maximum atomic E-state index is 12.9. The second-order valence-corrected chi connectivity index (χ2v) is 5.43. The van der Waals surface area contributed by atoms with E-state index in [4.69, 9.17) is 0 Å². The van der Waals surface area contributed by atoms with Gasteiger partial charge in [-0.2, -0.15) is 18.3 Å². The summed E-state index contributed by atoms with van der Waals surface area (Å²) in [6.07, 6.45) is -4.99. The monoisotopic (exact) mass is 343 g/mol. The molecule has 24 heavy (non-hydrogen) atoms. The smallest absolute Gasteiger partial charge is 0.365 e. The van der Waals surface area contributed by atoms with Crippen molar-refractivity contribution >= 4 is 5.91 Å². The number of halogens is 4. The number of hydrogen-bond donors (Lipinski definition) is 1. The second-order valence-electron chi connectivity index (χ2n) is 5.43. The zero-order valence-corrected chi connectivity index (χ0v) is 12.3. The van der Waals surface area contributed by atoms with Gasteiger partial charge in [-0.25, -0.2) is 4.39 Å². The Bertz CT molecular complexity index is 721. The molecule has 1 aliphatic rings. The Morgan fingerprint density at radius 2 is 1.96 bits per heavy atom. The van der Waals surface area contributed by atoms with E-state index in [9.17, 15) is 22.4 Å². The lowest BCUT2D eigenvalue weighted by Gasteiger charge is -2.38. The molecular weight excluding hydrogens is 330 g/mol. The standard InChI is InChI=1S/C15H13F4N3O2/c16-10-3-1-9(2-4-10)12-5-13(21-20-12)14(23)22-6-11(7-22)24-8-15(17,18)19/h1-5,11H,6-8H2,(H,20,21). The summed E-state index contributed by atoms with van der Waals surface area (Å²) >= 11 is 0. The molecular formula is C15H13F4N3O2. The number of H-pyrrole nitrogens is 1. The van der Waals surface area contributed by atoms with E-state index >= 15 is 0 Å². The van der Waals surface area contributed by atoms with Crippen molar-refractivity contribution in [1.82, 2.24) is 15.1 Å². The summed E-state index contributed by atoms with van der Waals surface area (Å²) in [5, 5.41) is 6.57. The number of nitrogens with one attached hydrogen (secondary N) is 1. The average molecular weight is 343 g/mol. The number of aromatic amines is 1. The highest BCUT2D eigenvalue weighted by molar-refractivity contribution is 5.94. The van der Waals surface area contributed by atoms with Crippen molar-refractivity contribution in [2.24, 2.45) is 0 Å². The predicted octanol–water partition coefficient (Wildman–Crippen LogP) is 2.62. The normalized spacial score (nSPS) is 15.4. The Balaban J connectivity index is 1.57. The van der Waals surface area contributed by atoms with Crippen molar-refractivity contribution < 1.29 is 27.1 Å². The Kier molecular flexibility index (Phi) is 4.27. The fraction of sp³-hybridized carbons (Fsp3) is 0.333. The molecule has 1 N–H and O–H groups in total. The topological polar surface area (TPSA) is 58.2 Å². The Hall–Kier alpha value is -2.42. The summed E-state index contributed by atoms with van der Waals surface area (Å²) in [7, 11) is 0. The van der Waals surface area contributed by atoms with Crippen LogP contribution in [-0.4, -0.2) is 53.0 Å². The van der Waals surface area contributed by atoms with E-state index in [1.165, 1.54) is 35.2 Å². The number of carbonyl (C=O) groups is 1. The molecule has 0 bridgehead atoms. The number of aromatic nitrogens is 2. The Morgan fingerprint density at radius 1 is 1.29 bits per heavy atom. The van der Waals surface area contributed by atoms with Gasteiger partial charge >= 0.3 is 6.18 Å². The van der Waals surface area contributed by atoms with Gasteiger partial charge in [0.1, 0.15) is 18.1 Å². The van der Waals surface area contributed by atoms with Crippen LogP contribution in [0.15, 0.2) is 30.3 Å². The SMILES string of the molecule is O=C(c1cc(-c2ccc(F)cc2)n[nH]1)N1CC(OCC(F)(F)F)C1. The Morgan fingerprint density at radius 3 is 2.58 bits per heavy atom. The van der Waals surface area contributed by atoms with Crippen LogP contribution >= 0.6 is 0 Å². The van der Waals surface area contributed by atoms with Crippen molar-refractivity contribution in [3.05, 3.63) is 41.8 Å². The van der Waals surface area contributed by atoms with E-state index in [0.717, 1.165) is 0 Å². The van der Waals surface area contributed by atoms with Crippen LogP contribution in [0.5, 0.6) is 0 Å². The highest BCUT2D eigenvalue weighted by Gasteiger charge is 2.36. The molecule has 128 valence electrons. The van der Waals surface area contributed by atoms with Gasteiger partial charge in [0, 0.05) is 18.7 Å². The summed E-state index contributed by atoms with van der Waals surface area (Å²) in [5.74, 6) is -0.751. The molecule has 1 saturated heterocycles. The van der Waals surface area contributed by atoms with Gasteiger partial charge in [-0.05, 0) is 30.3 Å². The molecule has 0 radical (unpaired) electrons. The van der Waals surface area contributed by atoms with E-state index < -0.39 is 18.9 Å². The van der Waals surface area contributed by atoms with Crippen molar-refractivity contribution in [1.29, 1.82) is 0 Å². The van der Waals surface area contributed by atoms with Crippen LogP contribution in [0.3, 0.4) is 0 Å². The first-order valence-electron chi connectivity index (χ1n) is 7.11. The van der Waals surface area contributed by atoms with Crippen LogP contribution in [0.1, 0.15) is 10.5 Å². The van der Waals surface area contributed by atoms with Crippen molar-refractivity contribution in [2.75, 3.05) is 19.7 Å². The molecule has 1 fully saturated rings. The minimum absolute atomic E-state index is 0.0970. The number of benzene rings is 1. The molecule has 2 aromatic rings. The summed E-state index contributed by atoms with van der Waals surface area (Å²) < 4.78 is 53.7. The lowest BCUT2D eigenvalue weighted by molar-refractivity contribution is -0.196. The molecule has 1 aromatic heterocycles. The maximum absolute atomic E-state index is 12.9. The number of alkyl halides is 3. The number of carbonyl (C=O) groups excluding carboxylic acids is 1. The number of hydrogen-bond acceptors (Lipinski definition) is 3. The van der Waals surface area contributed by atoms with Gasteiger partial charge in [0.15, 0.2) is 0 Å². The molecule has 5 nitrogen and oxygen atoms in total. The molecule has 2 heterocycles. The first-order valence-corrected chi connectivity index (χ1v) is 7.11. The highest BCUT2D eigenvalue weighted by atomic mass is 19.4. The number of ether oxygens (including phenoxy) is 1. The molecule has 0 aliphatic carbocycles. The zero-order chi connectivity index (χ0) is 17.3. The van der Waals surface area contributed by atoms with Gasteiger partial charge < -0.3 is 9.64 Å². The number of nitrogens with zero attached hydrogens (tertiary/aromatic N) is 2. The third-order valence-electron chi connectivity index (χ3n) is 3.57. The molecule has 0 spiro atoms. The van der Waals surface area contributed by atoms with Gasteiger partial charge in [0.2, 0.25) is 0 Å². The van der Waals surface area contributed by atoms with Gasteiger partial charge in [-0.3, -0.25) is 9.89 Å². The minimum Gasteiger partial charge on any atom is -0.365 e. The van der Waals surface area contributed by atoms with Gasteiger partial charge in [0.05, 0.1) is 11.8 Å². The molecule has 0 unspecified atom stereocenters. The van der Waals surface area contributed by atoms with E-state index in [1.54, 1.807) is 0 Å². The van der Waals surface area contributed by atoms with Crippen molar-refractivity contribution in [3.8, 4) is 11.3 Å². The van der Waals surface area contributed by atoms with Crippen LogP contribution in [0, 0.1) is 5.82 Å². The van der Waals surface area contributed by atoms with Crippen LogP contribution in [0.25, 0.3) is 11.3 Å². The quantitative estimate of drug-likeness (QED) is 0.869. The van der Waals surface area contributed by atoms with E-state index in [0.29, 0.717) is 11.3 Å². The summed E-state index contributed by atoms with van der Waals surface area (Å²) in [4.78, 5) is 13.6. The van der Waals surface area contributed by atoms with Crippen LogP contribution in [-0.2, 0) is 4.74 Å². The lowest BCUT2D eigenvalue weighted by atomic mass is 10.1. The molecule has 0 atom stereocenters. The predicted molar refractivity (Wildman–Crippen MR) is 75.7 cm³/mol. The summed E-state index contributed by atoms with van der Waals surface area (Å²) in [6, 6.07) is 7.14. The maximum Gasteiger partial charge on any atom is 0.411 e. The first-order chi connectivity index (χ1) is 11.3. The van der Waals surface area contributed by atoms with Crippen LogP contribution in [0.2, 0.25) is 0 Å². The highest BCUT2D eigenvalue weighted by Crippen LogP contribution is 2.22. The van der Waals surface area contributed by atoms with E-state index in [2.05, 4.69) is 14.9 Å². The molecule has 3 rings (SSSR count). The average Bonchev–Trinajstić information content (AvgIpc) is 2.94. The lowest BCUT2D eigenvalue weighted by Crippen LogP contribution is -2.55. The number of rotatable bonds is 4. The third-order valence-corrected chi connectivity index (χ3v) is 3.57. The fourth-order valence-electron chi connectivity index (χ4n) is 2.29. The molecule has 1 amide bonds. The number of likely N-dealkylation sites (tertiary alicyclic amines) is 1. The van der Waals surface area contributed by atoms with E-state index in [1.807, 2.05) is 0 Å². The largest absolute Gasteiger partial charge is 0.411 e. The number of amides is 1. The summed E-state index contributed by atoms with van der Waals surface area (Å²) in [6.45, 7) is -1.13. The van der Waals surface area contributed by atoms with Gasteiger partial charge in [-0.15, -0.1) is 0 Å². The van der Waals surface area contributed by atoms with Crippen molar-refractivity contribution in [2.45, 2.75) is 12.3 Å². The van der Waals surface area contributed by atoms with Gasteiger partial charge in [-0.1, -0.05) is 0 Å². The van der Waals surface area contributed by atoms with Crippen LogP contribution in [0.4, 0.5) is 17.6 Å². The minimum atomic E-state index is -4.38. The summed E-state index contributed by atoms with van der Waals surface area (Å²) in [5.41, 5.74) is 1.33. The van der Waals surface area contributed by atoms with Gasteiger partial charge in [0.25, 0.3) is 5.91 Å². The molecule has 1 aliphatic heterocycles. The van der Waals surface area contributed by atoms with E-state index in [-0.39, 0.29) is 30.5 Å². The van der Waals surface area contributed by atoms with Crippen molar-refractivity contribution in [3.63, 3.8) is 0 Å². The third kappa shape index (κ3) is 3.73. The zero-order valence-electron chi connectivity index (χ0n) is 12.3. The Labute approximate surface area is 134 Å².